The molecule has 2 heterocycles. The van der Waals surface area contributed by atoms with Crippen LogP contribution in [0.25, 0.3) is 17.1 Å². The van der Waals surface area contributed by atoms with Crippen LogP contribution in [0.15, 0.2) is 70.2 Å². The van der Waals surface area contributed by atoms with Gasteiger partial charge in [0.05, 0.1) is 11.4 Å². The summed E-state index contributed by atoms with van der Waals surface area (Å²) in [5.74, 6) is 1.64. The van der Waals surface area contributed by atoms with E-state index in [0.29, 0.717) is 17.0 Å². The summed E-state index contributed by atoms with van der Waals surface area (Å²) < 4.78 is 7.39. The van der Waals surface area contributed by atoms with Crippen LogP contribution >= 0.6 is 11.8 Å². The number of anilines is 1. The first-order valence-electron chi connectivity index (χ1n) is 9.60. The molecule has 2 aromatic heterocycles. The second kappa shape index (κ2) is 8.11. The van der Waals surface area contributed by atoms with E-state index >= 15 is 0 Å². The Hall–Kier alpha value is -3.46. The van der Waals surface area contributed by atoms with Crippen LogP contribution in [-0.4, -0.2) is 36.6 Å². The minimum atomic E-state index is -0.257. The Morgan fingerprint density at radius 3 is 2.53 bits per heavy atom. The number of rotatable bonds is 7. The number of thioether (sulfide) groups is 1. The molecule has 0 radical (unpaired) electrons. The van der Waals surface area contributed by atoms with Crippen LogP contribution in [0.3, 0.4) is 0 Å². The first-order valence-corrected chi connectivity index (χ1v) is 10.6. The quantitative estimate of drug-likeness (QED) is 0.454. The summed E-state index contributed by atoms with van der Waals surface area (Å²) in [6.45, 7) is 0. The topological polar surface area (TPSA) is 98.7 Å². The SMILES string of the molecule is O=C(CSc1nc(C2CC2)n(-c2ccccc2)n1)Nc1nnc(-c2ccccc2)o1. The van der Waals surface area contributed by atoms with Crippen molar-refractivity contribution >= 4 is 23.7 Å². The van der Waals surface area contributed by atoms with Gasteiger partial charge in [0.2, 0.25) is 17.0 Å². The number of benzene rings is 2. The lowest BCUT2D eigenvalue weighted by molar-refractivity contribution is -0.113. The molecule has 1 aliphatic rings. The maximum absolute atomic E-state index is 12.3. The number of para-hydroxylation sites is 1. The number of carbonyl (C=O) groups excluding carboxylic acids is 1. The summed E-state index contributed by atoms with van der Waals surface area (Å²) in [6, 6.07) is 19.4. The number of nitrogens with one attached hydrogen (secondary N) is 1. The lowest BCUT2D eigenvalue weighted by Gasteiger charge is -2.03. The Kier molecular flexibility index (Phi) is 5.02. The molecule has 1 fully saturated rings. The molecule has 0 aliphatic heterocycles. The van der Waals surface area contributed by atoms with Gasteiger partial charge >= 0.3 is 6.01 Å². The van der Waals surface area contributed by atoms with Crippen molar-refractivity contribution in [1.29, 1.82) is 0 Å². The third-order valence-electron chi connectivity index (χ3n) is 4.58. The molecular weight excluding hydrogens is 400 g/mol. The number of nitrogens with zero attached hydrogens (tertiary/aromatic N) is 5. The molecule has 2 aromatic carbocycles. The molecule has 0 saturated heterocycles. The number of amides is 1. The molecule has 9 heteroatoms. The molecular formula is C21H18N6O2S. The number of hydrogen-bond acceptors (Lipinski definition) is 7. The van der Waals surface area contributed by atoms with Gasteiger partial charge in [-0.25, -0.2) is 9.67 Å². The molecule has 30 heavy (non-hydrogen) atoms. The smallest absolute Gasteiger partial charge is 0.322 e. The van der Waals surface area contributed by atoms with Gasteiger partial charge in [-0.15, -0.1) is 10.2 Å². The summed E-state index contributed by atoms with van der Waals surface area (Å²) >= 11 is 1.28. The zero-order valence-corrected chi connectivity index (χ0v) is 16.7. The van der Waals surface area contributed by atoms with Gasteiger partial charge in [0, 0.05) is 11.5 Å². The second-order valence-corrected chi connectivity index (χ2v) is 7.83. The maximum atomic E-state index is 12.3. The molecule has 1 saturated carbocycles. The molecule has 0 bridgehead atoms. The fourth-order valence-corrected chi connectivity index (χ4v) is 3.62. The summed E-state index contributed by atoms with van der Waals surface area (Å²) in [5, 5.41) is 15.7. The number of aromatic nitrogens is 5. The highest BCUT2D eigenvalue weighted by atomic mass is 32.2. The minimum Gasteiger partial charge on any atom is -0.403 e. The van der Waals surface area contributed by atoms with E-state index in [1.807, 2.05) is 65.3 Å². The van der Waals surface area contributed by atoms with Gasteiger partial charge in [-0.2, -0.15) is 0 Å². The van der Waals surface area contributed by atoms with Crippen molar-refractivity contribution in [2.24, 2.45) is 0 Å². The zero-order valence-electron chi connectivity index (χ0n) is 15.9. The predicted octanol–water partition coefficient (Wildman–Crippen LogP) is 3.93. The molecule has 8 nitrogen and oxygen atoms in total. The van der Waals surface area contributed by atoms with E-state index in [1.165, 1.54) is 11.8 Å². The van der Waals surface area contributed by atoms with Crippen molar-refractivity contribution in [3.8, 4) is 17.1 Å². The molecule has 5 rings (SSSR count). The van der Waals surface area contributed by atoms with Gasteiger partial charge in [0.15, 0.2) is 0 Å². The summed E-state index contributed by atoms with van der Waals surface area (Å²) in [4.78, 5) is 17.0. The molecule has 4 aromatic rings. The summed E-state index contributed by atoms with van der Waals surface area (Å²) in [7, 11) is 0. The van der Waals surface area contributed by atoms with E-state index in [-0.39, 0.29) is 17.7 Å². The molecule has 150 valence electrons. The lowest BCUT2D eigenvalue weighted by atomic mass is 10.2. The third kappa shape index (κ3) is 4.11. The average Bonchev–Trinajstić information content (AvgIpc) is 3.38. The Labute approximate surface area is 176 Å². The van der Waals surface area contributed by atoms with Crippen molar-refractivity contribution in [1.82, 2.24) is 25.0 Å². The molecule has 1 aliphatic carbocycles. The maximum Gasteiger partial charge on any atom is 0.322 e. The summed E-state index contributed by atoms with van der Waals surface area (Å²) in [5.41, 5.74) is 1.77. The van der Waals surface area contributed by atoms with E-state index in [2.05, 4.69) is 25.6 Å². The van der Waals surface area contributed by atoms with Gasteiger partial charge in [0.1, 0.15) is 5.82 Å². The molecule has 1 N–H and O–H groups in total. The third-order valence-corrected chi connectivity index (χ3v) is 5.42. The highest BCUT2D eigenvalue weighted by Gasteiger charge is 2.30. The highest BCUT2D eigenvalue weighted by Crippen LogP contribution is 2.40. The van der Waals surface area contributed by atoms with E-state index in [1.54, 1.807) is 0 Å². The second-order valence-electron chi connectivity index (χ2n) is 6.89. The first kappa shape index (κ1) is 18.6. The van der Waals surface area contributed by atoms with Crippen LogP contribution < -0.4 is 5.32 Å². The van der Waals surface area contributed by atoms with E-state index < -0.39 is 0 Å². The fraction of sp³-hybridized carbons (Fsp3) is 0.190. The van der Waals surface area contributed by atoms with Crippen molar-refractivity contribution in [2.75, 3.05) is 11.1 Å². The highest BCUT2D eigenvalue weighted by molar-refractivity contribution is 7.99. The van der Waals surface area contributed by atoms with E-state index in [4.69, 9.17) is 4.42 Å². The van der Waals surface area contributed by atoms with Gasteiger partial charge < -0.3 is 4.42 Å². The Bertz CT molecular complexity index is 1150. The van der Waals surface area contributed by atoms with Crippen LogP contribution in [0.4, 0.5) is 6.01 Å². The van der Waals surface area contributed by atoms with E-state index in [9.17, 15) is 4.79 Å². The van der Waals surface area contributed by atoms with Gasteiger partial charge in [-0.05, 0) is 37.1 Å². The first-order chi connectivity index (χ1) is 14.8. The predicted molar refractivity (Wildman–Crippen MR) is 112 cm³/mol. The largest absolute Gasteiger partial charge is 0.403 e. The molecule has 0 spiro atoms. The van der Waals surface area contributed by atoms with Crippen LogP contribution in [0.2, 0.25) is 0 Å². The zero-order chi connectivity index (χ0) is 20.3. The van der Waals surface area contributed by atoms with Crippen LogP contribution in [0.5, 0.6) is 0 Å². The summed E-state index contributed by atoms with van der Waals surface area (Å²) in [6.07, 6.45) is 2.24. The van der Waals surface area contributed by atoms with Crippen LogP contribution in [0.1, 0.15) is 24.6 Å². The van der Waals surface area contributed by atoms with Crippen LogP contribution in [-0.2, 0) is 4.79 Å². The number of hydrogen-bond donors (Lipinski definition) is 1. The monoisotopic (exact) mass is 418 g/mol. The van der Waals surface area contributed by atoms with Crippen molar-refractivity contribution in [2.45, 2.75) is 23.9 Å². The Balaban J connectivity index is 1.23. The average molecular weight is 418 g/mol. The standard InChI is InChI=1S/C21H18N6O2S/c28-17(22-20-25-24-19(29-20)15-7-3-1-4-8-15)13-30-21-23-18(14-11-12-14)27(26-21)16-9-5-2-6-10-16/h1-10,14H,11-13H2,(H,22,25,28). The molecule has 0 unspecified atom stereocenters. The van der Waals surface area contributed by atoms with Crippen LogP contribution in [0, 0.1) is 0 Å². The Morgan fingerprint density at radius 2 is 1.80 bits per heavy atom. The normalized spacial score (nSPS) is 13.3. The van der Waals surface area contributed by atoms with Crippen molar-refractivity contribution < 1.29 is 9.21 Å². The fourth-order valence-electron chi connectivity index (χ4n) is 2.99. The minimum absolute atomic E-state index is 0.0703. The van der Waals surface area contributed by atoms with Gasteiger partial charge in [0.25, 0.3) is 0 Å². The lowest BCUT2D eigenvalue weighted by Crippen LogP contribution is -2.14. The van der Waals surface area contributed by atoms with E-state index in [0.717, 1.165) is 29.9 Å². The van der Waals surface area contributed by atoms with Gasteiger partial charge in [-0.3, -0.25) is 10.1 Å². The molecule has 0 atom stereocenters. The van der Waals surface area contributed by atoms with Gasteiger partial charge in [-0.1, -0.05) is 53.3 Å². The van der Waals surface area contributed by atoms with Crippen molar-refractivity contribution in [3.05, 3.63) is 66.5 Å². The molecule has 1 amide bonds. The van der Waals surface area contributed by atoms with Crippen molar-refractivity contribution in [3.63, 3.8) is 0 Å². The Morgan fingerprint density at radius 1 is 1.07 bits per heavy atom. The number of carbonyl (C=O) groups is 1.